The highest BCUT2D eigenvalue weighted by Gasteiger charge is 2.96. The summed E-state index contributed by atoms with van der Waals surface area (Å²) < 4.78 is 10.9. The highest BCUT2D eigenvalue weighted by Crippen LogP contribution is 2.74. The molecule has 0 aromatic heterocycles. The third-order valence-corrected chi connectivity index (χ3v) is 5.04. The number of fused-ring (bicyclic) bond motifs is 1. The van der Waals surface area contributed by atoms with Gasteiger partial charge in [-0.2, -0.15) is 10.5 Å². The van der Waals surface area contributed by atoms with Crippen LogP contribution in [-0.2, 0) is 15.9 Å². The van der Waals surface area contributed by atoms with Crippen LogP contribution in [0.25, 0.3) is 0 Å². The van der Waals surface area contributed by atoms with Gasteiger partial charge < -0.3 is 9.47 Å². The number of methoxy groups -OCH3 is 2. The van der Waals surface area contributed by atoms with E-state index < -0.39 is 16.7 Å². The van der Waals surface area contributed by atoms with Gasteiger partial charge in [-0.25, -0.2) is 4.99 Å². The maximum atomic E-state index is 9.86. The Hall–Kier alpha value is -2.41. The summed E-state index contributed by atoms with van der Waals surface area (Å²) in [6.45, 7) is 0. The summed E-state index contributed by atoms with van der Waals surface area (Å²) in [5.41, 5.74) is 4.83. The zero-order chi connectivity index (χ0) is 16.0. The monoisotopic (exact) mass is 297 g/mol. The zero-order valence-electron chi connectivity index (χ0n) is 12.5. The number of nitrogens with two attached hydrogens (primary N) is 1. The fourth-order valence-electron chi connectivity index (χ4n) is 3.94. The van der Waals surface area contributed by atoms with E-state index in [1.165, 1.54) is 14.2 Å². The molecule has 0 bridgehead atoms. The maximum absolute atomic E-state index is 9.86. The Bertz CT molecular complexity index is 714. The van der Waals surface area contributed by atoms with Gasteiger partial charge in [-0.05, 0) is 12.0 Å². The Labute approximate surface area is 128 Å². The predicted octanol–water partition coefficient (Wildman–Crippen LogP) is -0.723. The maximum Gasteiger partial charge on any atom is 0.342 e. The third kappa shape index (κ3) is 1.32. The number of amidine groups is 1. The number of benzene rings is 1. The first-order valence-electron chi connectivity index (χ1n) is 6.96. The molecule has 0 unspecified atom stereocenters. The Morgan fingerprint density at radius 2 is 1.82 bits per heavy atom. The fourth-order valence-corrected chi connectivity index (χ4v) is 3.94. The van der Waals surface area contributed by atoms with E-state index in [-0.39, 0.29) is 11.8 Å². The van der Waals surface area contributed by atoms with Crippen LogP contribution in [0.15, 0.2) is 30.3 Å². The van der Waals surface area contributed by atoms with Gasteiger partial charge in [0.2, 0.25) is 0 Å². The van der Waals surface area contributed by atoms with Gasteiger partial charge in [0.15, 0.2) is 10.8 Å². The van der Waals surface area contributed by atoms with E-state index in [4.69, 9.17) is 15.2 Å². The standard InChI is InChI=1S/C16H16N4O2/c1-21-16(22-2)15(10-18)12(8-11-6-4-3-5-7-11)14(15,9-17)13(19)20-16/h3-7,12H,8H2,1-2H3,(H2,19,20)/p+1/t12-,14-,15-/m1/s1. The van der Waals surface area contributed by atoms with Gasteiger partial charge in [0.25, 0.3) is 5.84 Å². The van der Waals surface area contributed by atoms with Crippen LogP contribution in [0.4, 0.5) is 0 Å². The van der Waals surface area contributed by atoms with Crippen LogP contribution in [0.3, 0.4) is 0 Å². The Morgan fingerprint density at radius 1 is 1.18 bits per heavy atom. The van der Waals surface area contributed by atoms with Gasteiger partial charge in [0.1, 0.15) is 0 Å². The molecule has 1 aliphatic carbocycles. The average molecular weight is 297 g/mol. The quantitative estimate of drug-likeness (QED) is 0.713. The minimum absolute atomic E-state index is 0.237. The Balaban J connectivity index is 2.09. The molecule has 22 heavy (non-hydrogen) atoms. The van der Waals surface area contributed by atoms with Crippen LogP contribution < -0.4 is 10.7 Å². The predicted molar refractivity (Wildman–Crippen MR) is 76.6 cm³/mol. The van der Waals surface area contributed by atoms with Crippen molar-refractivity contribution in [1.29, 1.82) is 10.5 Å². The molecule has 3 atom stereocenters. The summed E-state index contributed by atoms with van der Waals surface area (Å²) in [4.78, 5) is 2.87. The van der Waals surface area contributed by atoms with E-state index in [1.54, 1.807) is 0 Å². The fraction of sp³-hybridized carbons (Fsp3) is 0.438. The number of hydrogen-bond acceptors (Lipinski definition) is 5. The lowest BCUT2D eigenvalue weighted by Crippen LogP contribution is -2.90. The minimum atomic E-state index is -1.40. The van der Waals surface area contributed by atoms with Gasteiger partial charge in [-0.1, -0.05) is 30.3 Å². The van der Waals surface area contributed by atoms with Crippen molar-refractivity contribution in [2.75, 3.05) is 14.2 Å². The van der Waals surface area contributed by atoms with Crippen LogP contribution in [0.1, 0.15) is 5.56 Å². The zero-order valence-corrected chi connectivity index (χ0v) is 12.5. The Morgan fingerprint density at radius 3 is 2.32 bits per heavy atom. The van der Waals surface area contributed by atoms with Gasteiger partial charge >= 0.3 is 5.91 Å². The van der Waals surface area contributed by atoms with E-state index in [1.807, 2.05) is 30.3 Å². The number of rotatable bonds is 4. The van der Waals surface area contributed by atoms with Gasteiger partial charge in [-0.15, -0.1) is 0 Å². The highest BCUT2D eigenvalue weighted by molar-refractivity contribution is 5.93. The molecule has 0 amide bonds. The highest BCUT2D eigenvalue weighted by atomic mass is 16.7. The van der Waals surface area contributed by atoms with Crippen LogP contribution in [-0.4, -0.2) is 26.0 Å². The molecule has 1 fully saturated rings. The molecule has 0 radical (unpaired) electrons. The second-order valence-corrected chi connectivity index (χ2v) is 5.65. The molecular weight excluding hydrogens is 280 g/mol. The topological polar surface area (TPSA) is 106 Å². The summed E-state index contributed by atoms with van der Waals surface area (Å²) in [5.74, 6) is -1.46. The third-order valence-electron chi connectivity index (χ3n) is 5.04. The SMILES string of the molecule is COC1(OC)[NH+]=C(N)[C@@]2(C#N)[C@@H](Cc3ccccc3)[C@@]12C#N. The first-order valence-corrected chi connectivity index (χ1v) is 6.96. The largest absolute Gasteiger partial charge is 0.342 e. The van der Waals surface area contributed by atoms with E-state index in [9.17, 15) is 10.5 Å². The van der Waals surface area contributed by atoms with Crippen molar-refractivity contribution in [2.24, 2.45) is 22.5 Å². The molecule has 0 spiro atoms. The molecule has 1 heterocycles. The van der Waals surface area contributed by atoms with Crippen LogP contribution >= 0.6 is 0 Å². The van der Waals surface area contributed by atoms with E-state index in [0.717, 1.165) is 5.56 Å². The number of ether oxygens (including phenoxy) is 2. The molecule has 6 nitrogen and oxygen atoms in total. The average Bonchev–Trinajstić information content (AvgIpc) is 3.08. The molecule has 1 aromatic carbocycles. The summed E-state index contributed by atoms with van der Waals surface area (Å²) in [6, 6.07) is 14.2. The first-order chi connectivity index (χ1) is 10.6. The molecular formula is C16H17N4O2+. The number of nitrogens with one attached hydrogen (secondary N) is 1. The van der Waals surface area contributed by atoms with Crippen molar-refractivity contribution in [3.05, 3.63) is 35.9 Å². The Kier molecular flexibility index (Phi) is 3.00. The molecule has 0 saturated heterocycles. The van der Waals surface area contributed by atoms with Crippen molar-refractivity contribution in [1.82, 2.24) is 0 Å². The lowest BCUT2D eigenvalue weighted by Gasteiger charge is -2.26. The molecule has 1 aromatic rings. The van der Waals surface area contributed by atoms with Crippen molar-refractivity contribution >= 4 is 5.84 Å². The second kappa shape index (κ2) is 4.54. The van der Waals surface area contributed by atoms with E-state index >= 15 is 0 Å². The molecule has 6 heteroatoms. The van der Waals surface area contributed by atoms with Crippen LogP contribution in [0.2, 0.25) is 0 Å². The van der Waals surface area contributed by atoms with Crippen molar-refractivity contribution in [3.8, 4) is 12.1 Å². The number of nitriles is 2. The number of nitrogens with zero attached hydrogens (tertiary/aromatic N) is 2. The lowest BCUT2D eigenvalue weighted by atomic mass is 9.93. The van der Waals surface area contributed by atoms with Crippen LogP contribution in [0.5, 0.6) is 0 Å². The molecule has 3 rings (SSSR count). The van der Waals surface area contributed by atoms with Crippen molar-refractivity contribution in [3.63, 3.8) is 0 Å². The lowest BCUT2D eigenvalue weighted by molar-refractivity contribution is -0.688. The molecule has 2 aliphatic rings. The molecule has 1 saturated carbocycles. The molecule has 112 valence electrons. The number of hydrogen-bond donors (Lipinski definition) is 2. The van der Waals surface area contributed by atoms with Gasteiger partial charge in [-0.3, -0.25) is 5.73 Å². The summed E-state index contributed by atoms with van der Waals surface area (Å²) in [7, 11) is 2.88. The summed E-state index contributed by atoms with van der Waals surface area (Å²) in [5, 5.41) is 19.6. The van der Waals surface area contributed by atoms with Crippen molar-refractivity contribution < 1.29 is 14.5 Å². The second-order valence-electron chi connectivity index (χ2n) is 5.65. The van der Waals surface area contributed by atoms with Gasteiger partial charge in [0, 0.05) is 20.1 Å². The summed E-state index contributed by atoms with van der Waals surface area (Å²) in [6.07, 6.45) is 0.554. The van der Waals surface area contributed by atoms with E-state index in [2.05, 4.69) is 17.1 Å². The summed E-state index contributed by atoms with van der Waals surface area (Å²) >= 11 is 0. The first kappa shape index (κ1) is 14.5. The smallest absolute Gasteiger partial charge is 0.317 e. The minimum Gasteiger partial charge on any atom is -0.317 e. The molecule has 3 N–H and O–H groups in total. The van der Waals surface area contributed by atoms with Crippen molar-refractivity contribution in [2.45, 2.75) is 12.3 Å². The van der Waals surface area contributed by atoms with Crippen LogP contribution in [0, 0.1) is 39.4 Å². The van der Waals surface area contributed by atoms with E-state index in [0.29, 0.717) is 6.42 Å². The normalized spacial score (nSPS) is 34.2. The molecule has 1 aliphatic heterocycles. The van der Waals surface area contributed by atoms with Gasteiger partial charge in [0.05, 0.1) is 12.1 Å².